The van der Waals surface area contributed by atoms with E-state index in [1.165, 1.54) is 18.4 Å². The molecule has 1 saturated carbocycles. The van der Waals surface area contributed by atoms with Crippen LogP contribution in [0.1, 0.15) is 40.2 Å². The highest BCUT2D eigenvalue weighted by molar-refractivity contribution is 5.87. The molecular formula is C17H16O3. The predicted molar refractivity (Wildman–Crippen MR) is 76.2 cm³/mol. The first-order chi connectivity index (χ1) is 9.72. The molecule has 0 radical (unpaired) electrons. The highest BCUT2D eigenvalue weighted by atomic mass is 16.5. The molecule has 0 aliphatic heterocycles. The number of hydrogen-bond acceptors (Lipinski definition) is 2. The second kappa shape index (κ2) is 5.37. The number of aromatic carboxylic acids is 1. The molecule has 1 N–H and O–H groups in total. The quantitative estimate of drug-likeness (QED) is 0.896. The number of rotatable bonds is 5. The highest BCUT2D eigenvalue weighted by Gasteiger charge is 2.22. The van der Waals surface area contributed by atoms with E-state index in [9.17, 15) is 4.79 Å². The lowest BCUT2D eigenvalue weighted by Gasteiger charge is -2.07. The van der Waals surface area contributed by atoms with Gasteiger partial charge in [-0.05, 0) is 54.2 Å². The van der Waals surface area contributed by atoms with Gasteiger partial charge in [-0.25, -0.2) is 4.79 Å². The zero-order chi connectivity index (χ0) is 13.9. The Morgan fingerprint density at radius 2 is 1.90 bits per heavy atom. The maximum absolute atomic E-state index is 10.9. The molecule has 0 saturated heterocycles. The third-order valence-electron chi connectivity index (χ3n) is 3.51. The van der Waals surface area contributed by atoms with Crippen LogP contribution >= 0.6 is 0 Å². The van der Waals surface area contributed by atoms with E-state index in [0.29, 0.717) is 6.61 Å². The SMILES string of the molecule is O=C(O)c1cccc(COc2ccc(C3CC3)cc2)c1. The zero-order valence-electron chi connectivity index (χ0n) is 11.1. The topological polar surface area (TPSA) is 46.5 Å². The minimum atomic E-state index is -0.916. The molecule has 3 heteroatoms. The van der Waals surface area contributed by atoms with Crippen molar-refractivity contribution in [3.8, 4) is 5.75 Å². The molecule has 1 aliphatic rings. The summed E-state index contributed by atoms with van der Waals surface area (Å²) in [4.78, 5) is 10.9. The van der Waals surface area contributed by atoms with Crippen molar-refractivity contribution in [2.45, 2.75) is 25.4 Å². The largest absolute Gasteiger partial charge is 0.489 e. The molecule has 0 amide bonds. The molecule has 0 spiro atoms. The Morgan fingerprint density at radius 3 is 2.55 bits per heavy atom. The summed E-state index contributed by atoms with van der Waals surface area (Å²) in [6.45, 7) is 0.379. The van der Waals surface area contributed by atoms with Crippen molar-refractivity contribution in [2.24, 2.45) is 0 Å². The van der Waals surface area contributed by atoms with Gasteiger partial charge < -0.3 is 9.84 Å². The molecule has 3 nitrogen and oxygen atoms in total. The van der Waals surface area contributed by atoms with Crippen LogP contribution in [0.2, 0.25) is 0 Å². The number of benzene rings is 2. The summed E-state index contributed by atoms with van der Waals surface area (Å²) >= 11 is 0. The van der Waals surface area contributed by atoms with Crippen LogP contribution in [-0.2, 0) is 6.61 Å². The molecule has 0 heterocycles. The molecule has 1 fully saturated rings. The van der Waals surface area contributed by atoms with Crippen molar-refractivity contribution < 1.29 is 14.6 Å². The minimum absolute atomic E-state index is 0.287. The van der Waals surface area contributed by atoms with Crippen LogP contribution in [0.3, 0.4) is 0 Å². The van der Waals surface area contributed by atoms with Crippen LogP contribution in [-0.4, -0.2) is 11.1 Å². The van der Waals surface area contributed by atoms with E-state index >= 15 is 0 Å². The van der Waals surface area contributed by atoms with Gasteiger partial charge in [0, 0.05) is 0 Å². The summed E-state index contributed by atoms with van der Waals surface area (Å²) in [5.41, 5.74) is 2.52. The fourth-order valence-corrected chi connectivity index (χ4v) is 2.21. The Morgan fingerprint density at radius 1 is 1.15 bits per heavy atom. The van der Waals surface area contributed by atoms with E-state index in [-0.39, 0.29) is 5.56 Å². The first kappa shape index (κ1) is 12.7. The number of ether oxygens (including phenoxy) is 1. The molecule has 2 aromatic carbocycles. The first-order valence-electron chi connectivity index (χ1n) is 6.77. The van der Waals surface area contributed by atoms with Gasteiger partial charge in [0.2, 0.25) is 0 Å². The highest BCUT2D eigenvalue weighted by Crippen LogP contribution is 2.40. The van der Waals surface area contributed by atoms with Crippen LogP contribution in [0.5, 0.6) is 5.75 Å². The summed E-state index contributed by atoms with van der Waals surface area (Å²) in [7, 11) is 0. The first-order valence-corrected chi connectivity index (χ1v) is 6.77. The predicted octanol–water partition coefficient (Wildman–Crippen LogP) is 3.84. The molecule has 0 unspecified atom stereocenters. The van der Waals surface area contributed by atoms with Crippen LogP contribution in [0.25, 0.3) is 0 Å². The maximum atomic E-state index is 10.9. The molecule has 0 bridgehead atoms. The van der Waals surface area contributed by atoms with Gasteiger partial charge in [0.15, 0.2) is 0 Å². The smallest absolute Gasteiger partial charge is 0.335 e. The summed E-state index contributed by atoms with van der Waals surface area (Å²) in [5.74, 6) is 0.645. The number of carboxylic acids is 1. The third kappa shape index (κ3) is 2.99. The summed E-state index contributed by atoms with van der Waals surface area (Å²) in [6, 6.07) is 15.0. The molecule has 3 rings (SSSR count). The van der Waals surface area contributed by atoms with E-state index in [4.69, 9.17) is 9.84 Å². The Labute approximate surface area is 117 Å². The minimum Gasteiger partial charge on any atom is -0.489 e. The normalized spacial score (nSPS) is 14.0. The molecule has 1 aliphatic carbocycles. The summed E-state index contributed by atoms with van der Waals surface area (Å²) < 4.78 is 5.69. The van der Waals surface area contributed by atoms with E-state index in [0.717, 1.165) is 17.2 Å². The standard InChI is InChI=1S/C17H16O3/c18-17(19)15-3-1-2-12(10-15)11-20-16-8-6-14(7-9-16)13-4-5-13/h1-3,6-10,13H,4-5,11H2,(H,18,19). The fourth-order valence-electron chi connectivity index (χ4n) is 2.21. The Kier molecular flexibility index (Phi) is 3.42. The lowest BCUT2D eigenvalue weighted by Crippen LogP contribution is -2.00. The van der Waals surface area contributed by atoms with Crippen molar-refractivity contribution in [1.82, 2.24) is 0 Å². The summed E-state index contributed by atoms with van der Waals surface area (Å²) in [6.07, 6.45) is 2.59. The molecular weight excluding hydrogens is 252 g/mol. The van der Waals surface area contributed by atoms with Crippen LogP contribution in [0.15, 0.2) is 48.5 Å². The number of carboxylic acid groups (broad SMARTS) is 1. The Hall–Kier alpha value is -2.29. The number of carbonyl (C=O) groups is 1. The van der Waals surface area contributed by atoms with Crippen LogP contribution in [0.4, 0.5) is 0 Å². The van der Waals surface area contributed by atoms with E-state index in [1.54, 1.807) is 18.2 Å². The van der Waals surface area contributed by atoms with Gasteiger partial charge in [-0.15, -0.1) is 0 Å². The van der Waals surface area contributed by atoms with Crippen molar-refractivity contribution in [3.63, 3.8) is 0 Å². The maximum Gasteiger partial charge on any atom is 0.335 e. The molecule has 20 heavy (non-hydrogen) atoms. The van der Waals surface area contributed by atoms with Gasteiger partial charge in [-0.2, -0.15) is 0 Å². The van der Waals surface area contributed by atoms with Gasteiger partial charge in [-0.3, -0.25) is 0 Å². The van der Waals surface area contributed by atoms with Crippen molar-refractivity contribution in [2.75, 3.05) is 0 Å². The summed E-state index contributed by atoms with van der Waals surface area (Å²) in [5, 5.41) is 8.94. The fraction of sp³-hybridized carbons (Fsp3) is 0.235. The second-order valence-electron chi connectivity index (χ2n) is 5.14. The lowest BCUT2D eigenvalue weighted by atomic mass is 10.1. The van der Waals surface area contributed by atoms with Crippen molar-refractivity contribution in [3.05, 3.63) is 65.2 Å². The van der Waals surface area contributed by atoms with Gasteiger partial charge in [0.05, 0.1) is 5.56 Å². The van der Waals surface area contributed by atoms with Crippen molar-refractivity contribution >= 4 is 5.97 Å². The van der Waals surface area contributed by atoms with Gasteiger partial charge in [-0.1, -0.05) is 24.3 Å². The second-order valence-corrected chi connectivity index (χ2v) is 5.14. The molecule has 102 valence electrons. The average Bonchev–Trinajstić information content (AvgIpc) is 3.31. The van der Waals surface area contributed by atoms with Crippen LogP contribution in [0, 0.1) is 0 Å². The van der Waals surface area contributed by atoms with E-state index < -0.39 is 5.97 Å². The van der Waals surface area contributed by atoms with Gasteiger partial charge >= 0.3 is 5.97 Å². The van der Waals surface area contributed by atoms with Crippen molar-refractivity contribution in [1.29, 1.82) is 0 Å². The Bertz CT molecular complexity index is 612. The van der Waals surface area contributed by atoms with Crippen LogP contribution < -0.4 is 4.74 Å². The van der Waals surface area contributed by atoms with Gasteiger partial charge in [0.1, 0.15) is 12.4 Å². The van der Waals surface area contributed by atoms with E-state index in [1.807, 2.05) is 18.2 Å². The lowest BCUT2D eigenvalue weighted by molar-refractivity contribution is 0.0696. The average molecular weight is 268 g/mol. The molecule has 0 atom stereocenters. The molecule has 2 aromatic rings. The third-order valence-corrected chi connectivity index (χ3v) is 3.51. The number of hydrogen-bond donors (Lipinski definition) is 1. The van der Waals surface area contributed by atoms with Gasteiger partial charge in [0.25, 0.3) is 0 Å². The Balaban J connectivity index is 1.63. The monoisotopic (exact) mass is 268 g/mol. The molecule has 0 aromatic heterocycles. The zero-order valence-corrected chi connectivity index (χ0v) is 11.1. The van der Waals surface area contributed by atoms with E-state index in [2.05, 4.69) is 12.1 Å².